The molecule has 2 aromatic heterocycles. The molecule has 4 nitrogen and oxygen atoms in total. The van der Waals surface area contributed by atoms with Crippen molar-refractivity contribution in [2.75, 3.05) is 0 Å². The summed E-state index contributed by atoms with van der Waals surface area (Å²) in [7, 11) is 0. The van der Waals surface area contributed by atoms with Gasteiger partial charge in [-0.05, 0) is 55.3 Å². The van der Waals surface area contributed by atoms with Gasteiger partial charge in [-0.15, -0.1) is 0 Å². The molecule has 0 bridgehead atoms. The smallest absolute Gasteiger partial charge is 0.298 e. The quantitative estimate of drug-likeness (QED) is 0.558. The van der Waals surface area contributed by atoms with E-state index >= 15 is 0 Å². The first-order valence-electron chi connectivity index (χ1n) is 7.97. The topological polar surface area (TPSA) is 39.3 Å². The van der Waals surface area contributed by atoms with Crippen molar-refractivity contribution >= 4 is 5.65 Å². The zero-order valence-corrected chi connectivity index (χ0v) is 13.9. The number of nitrogens with zero attached hydrogens (tertiary/aromatic N) is 3. The predicted molar refractivity (Wildman–Crippen MR) is 95.7 cm³/mol. The molecule has 0 atom stereocenters. The maximum Gasteiger partial charge on any atom is 0.298 e. The summed E-state index contributed by atoms with van der Waals surface area (Å²) in [6.45, 7) is 4.11. The fourth-order valence-electron chi connectivity index (χ4n) is 2.82. The minimum atomic E-state index is -0.337. The number of halogens is 1. The molecular weight excluding hydrogens is 317 g/mol. The van der Waals surface area contributed by atoms with Gasteiger partial charge in [0.1, 0.15) is 5.82 Å². The van der Waals surface area contributed by atoms with Crippen molar-refractivity contribution in [1.29, 1.82) is 0 Å². The normalized spacial score (nSPS) is 11.2. The fourth-order valence-corrected chi connectivity index (χ4v) is 2.82. The van der Waals surface area contributed by atoms with Crippen LogP contribution < -0.4 is 5.56 Å². The van der Waals surface area contributed by atoms with Gasteiger partial charge in [-0.1, -0.05) is 12.1 Å². The molecule has 2 aromatic carbocycles. The maximum absolute atomic E-state index is 13.1. The average molecular weight is 333 g/mol. The van der Waals surface area contributed by atoms with E-state index in [4.69, 9.17) is 0 Å². The van der Waals surface area contributed by atoms with Crippen molar-refractivity contribution in [2.24, 2.45) is 0 Å². The Kier molecular flexibility index (Phi) is 3.50. The molecular formula is C20H16FN3O. The predicted octanol–water partition coefficient (Wildman–Crippen LogP) is 3.91. The highest BCUT2D eigenvalue weighted by atomic mass is 19.1. The molecule has 2 heterocycles. The van der Waals surface area contributed by atoms with Crippen LogP contribution in [0.3, 0.4) is 0 Å². The molecule has 5 heteroatoms. The summed E-state index contributed by atoms with van der Waals surface area (Å²) in [5.41, 5.74) is 4.80. The van der Waals surface area contributed by atoms with Crippen LogP contribution in [0.5, 0.6) is 0 Å². The average Bonchev–Trinajstić information content (AvgIpc) is 3.04. The van der Waals surface area contributed by atoms with Gasteiger partial charge >= 0.3 is 0 Å². The van der Waals surface area contributed by atoms with Gasteiger partial charge in [0.25, 0.3) is 5.56 Å². The standard InChI is InChI=1S/C20H16FN3O/c1-13-3-4-15(11-14(13)2)18-12-23-9-10-24(20(25)19(23)22-18)17-7-5-16(21)6-8-17/h3-12H,1-2H3. The molecule has 0 saturated carbocycles. The lowest BCUT2D eigenvalue weighted by molar-refractivity contribution is 0.627. The third-order valence-corrected chi connectivity index (χ3v) is 4.43. The van der Waals surface area contributed by atoms with Crippen molar-refractivity contribution < 1.29 is 4.39 Å². The number of rotatable bonds is 2. The highest BCUT2D eigenvalue weighted by Gasteiger charge is 2.11. The maximum atomic E-state index is 13.1. The highest BCUT2D eigenvalue weighted by Crippen LogP contribution is 2.21. The zero-order chi connectivity index (χ0) is 17.6. The Morgan fingerprint density at radius 1 is 0.960 bits per heavy atom. The molecule has 0 aliphatic heterocycles. The van der Waals surface area contributed by atoms with E-state index in [0.717, 1.165) is 11.3 Å². The van der Waals surface area contributed by atoms with E-state index in [1.165, 1.54) is 27.8 Å². The van der Waals surface area contributed by atoms with Crippen LogP contribution in [0.2, 0.25) is 0 Å². The Balaban J connectivity index is 1.86. The summed E-state index contributed by atoms with van der Waals surface area (Å²) in [5.74, 6) is -0.337. The highest BCUT2D eigenvalue weighted by molar-refractivity contribution is 5.63. The molecule has 0 amide bonds. The van der Waals surface area contributed by atoms with Crippen LogP contribution in [0.4, 0.5) is 4.39 Å². The Morgan fingerprint density at radius 2 is 1.72 bits per heavy atom. The second-order valence-electron chi connectivity index (χ2n) is 6.11. The molecule has 0 aliphatic rings. The van der Waals surface area contributed by atoms with Gasteiger partial charge in [-0.3, -0.25) is 9.36 Å². The van der Waals surface area contributed by atoms with Crippen LogP contribution in [0.1, 0.15) is 11.1 Å². The van der Waals surface area contributed by atoms with E-state index in [-0.39, 0.29) is 11.4 Å². The minimum Gasteiger partial charge on any atom is -0.300 e. The van der Waals surface area contributed by atoms with Crippen LogP contribution in [0.25, 0.3) is 22.6 Å². The van der Waals surface area contributed by atoms with Gasteiger partial charge in [0, 0.05) is 29.8 Å². The summed E-state index contributed by atoms with van der Waals surface area (Å²) in [5, 5.41) is 0. The summed E-state index contributed by atoms with van der Waals surface area (Å²) in [6, 6.07) is 11.9. The second-order valence-corrected chi connectivity index (χ2v) is 6.11. The lowest BCUT2D eigenvalue weighted by atomic mass is 10.1. The molecule has 0 spiro atoms. The Labute approximate surface area is 143 Å². The first kappa shape index (κ1) is 15.3. The molecule has 124 valence electrons. The SMILES string of the molecule is Cc1ccc(-c2cn3ccn(-c4ccc(F)cc4)c(=O)c3n2)cc1C. The van der Waals surface area contributed by atoms with E-state index in [2.05, 4.69) is 24.9 Å². The largest absolute Gasteiger partial charge is 0.300 e. The second kappa shape index (κ2) is 5.70. The van der Waals surface area contributed by atoms with E-state index < -0.39 is 0 Å². The van der Waals surface area contributed by atoms with Crippen LogP contribution in [0.15, 0.2) is 65.8 Å². The first-order valence-corrected chi connectivity index (χ1v) is 7.97. The van der Waals surface area contributed by atoms with Crippen molar-refractivity contribution in [3.63, 3.8) is 0 Å². The Hall–Kier alpha value is -3.21. The molecule has 0 aliphatic carbocycles. The number of hydrogen-bond acceptors (Lipinski definition) is 2. The van der Waals surface area contributed by atoms with Gasteiger partial charge in [-0.2, -0.15) is 0 Å². The van der Waals surface area contributed by atoms with Gasteiger partial charge in [0.2, 0.25) is 5.65 Å². The number of aryl methyl sites for hydroxylation is 2. The summed E-state index contributed by atoms with van der Waals surface area (Å²) >= 11 is 0. The van der Waals surface area contributed by atoms with Gasteiger partial charge < -0.3 is 4.40 Å². The van der Waals surface area contributed by atoms with Crippen molar-refractivity contribution in [3.8, 4) is 16.9 Å². The number of aromatic nitrogens is 3. The third kappa shape index (κ3) is 2.63. The van der Waals surface area contributed by atoms with Gasteiger partial charge in [-0.25, -0.2) is 9.37 Å². The molecule has 0 radical (unpaired) electrons. The zero-order valence-electron chi connectivity index (χ0n) is 13.9. The van der Waals surface area contributed by atoms with Crippen molar-refractivity contribution in [3.05, 3.63) is 88.4 Å². The molecule has 0 saturated heterocycles. The number of imidazole rings is 1. The van der Waals surface area contributed by atoms with Crippen LogP contribution in [0, 0.1) is 19.7 Å². The Bertz CT molecular complexity index is 1140. The minimum absolute atomic E-state index is 0.246. The molecule has 4 rings (SSSR count). The van der Waals surface area contributed by atoms with Gasteiger partial charge in [0.05, 0.1) is 5.69 Å². The van der Waals surface area contributed by atoms with Crippen molar-refractivity contribution in [1.82, 2.24) is 14.0 Å². The lowest BCUT2D eigenvalue weighted by Gasteiger charge is -2.05. The molecule has 0 fully saturated rings. The molecule has 0 N–H and O–H groups in total. The van der Waals surface area contributed by atoms with Gasteiger partial charge in [0.15, 0.2) is 0 Å². The lowest BCUT2D eigenvalue weighted by Crippen LogP contribution is -2.19. The Morgan fingerprint density at radius 3 is 2.44 bits per heavy atom. The number of fused-ring (bicyclic) bond motifs is 1. The van der Waals surface area contributed by atoms with E-state index in [9.17, 15) is 9.18 Å². The summed E-state index contributed by atoms with van der Waals surface area (Å²) in [4.78, 5) is 17.3. The number of benzene rings is 2. The molecule has 25 heavy (non-hydrogen) atoms. The van der Waals surface area contributed by atoms with E-state index in [1.54, 1.807) is 28.9 Å². The van der Waals surface area contributed by atoms with Crippen LogP contribution >= 0.6 is 0 Å². The van der Waals surface area contributed by atoms with E-state index in [1.807, 2.05) is 18.3 Å². The van der Waals surface area contributed by atoms with E-state index in [0.29, 0.717) is 11.3 Å². The summed E-state index contributed by atoms with van der Waals surface area (Å²) < 4.78 is 16.3. The molecule has 4 aromatic rings. The third-order valence-electron chi connectivity index (χ3n) is 4.43. The van der Waals surface area contributed by atoms with Crippen LogP contribution in [-0.4, -0.2) is 14.0 Å². The monoisotopic (exact) mass is 333 g/mol. The van der Waals surface area contributed by atoms with Crippen molar-refractivity contribution in [2.45, 2.75) is 13.8 Å². The fraction of sp³-hybridized carbons (Fsp3) is 0.100. The van der Waals surface area contributed by atoms with Crippen LogP contribution in [-0.2, 0) is 0 Å². The number of hydrogen-bond donors (Lipinski definition) is 0. The first-order chi connectivity index (χ1) is 12.0. The molecule has 0 unspecified atom stereocenters. The summed E-state index contributed by atoms with van der Waals surface area (Å²) in [6.07, 6.45) is 5.28.